The van der Waals surface area contributed by atoms with Crippen LogP contribution in [0.5, 0.6) is 0 Å². The van der Waals surface area contributed by atoms with E-state index in [1.807, 2.05) is 0 Å². The number of hydrazine groups is 1. The molecule has 0 amide bonds. The Bertz CT molecular complexity index is 198. The Morgan fingerprint density at radius 2 is 2.29 bits per heavy atom. The van der Waals surface area contributed by atoms with Crippen molar-refractivity contribution in [1.82, 2.24) is 5.43 Å². The van der Waals surface area contributed by atoms with E-state index in [0.29, 0.717) is 30.1 Å². The van der Waals surface area contributed by atoms with E-state index in [2.05, 4.69) is 19.3 Å². The van der Waals surface area contributed by atoms with Gasteiger partial charge in [0.25, 0.3) is 0 Å². The molecular weight excluding hydrogens is 176 g/mol. The van der Waals surface area contributed by atoms with E-state index >= 15 is 0 Å². The van der Waals surface area contributed by atoms with Crippen molar-refractivity contribution >= 4 is 0 Å². The molecule has 0 aromatic carbocycles. The van der Waals surface area contributed by atoms with Crippen molar-refractivity contribution in [2.24, 2.45) is 17.7 Å². The number of fused-ring (bicyclic) bond motifs is 2. The Labute approximate surface area is 86.4 Å². The Morgan fingerprint density at radius 3 is 2.71 bits per heavy atom. The molecule has 3 nitrogen and oxygen atoms in total. The van der Waals surface area contributed by atoms with E-state index in [1.165, 1.54) is 25.7 Å². The molecule has 3 N–H and O–H groups in total. The molecule has 0 aromatic rings. The summed E-state index contributed by atoms with van der Waals surface area (Å²) in [7, 11) is 0. The standard InChI is InChI=1S/C11H22N2O/c1-3-7(2)11(13-12)9-6-8-4-5-10(9)14-8/h7-11,13H,3-6,12H2,1-2H3. The van der Waals surface area contributed by atoms with Gasteiger partial charge in [0, 0.05) is 12.0 Å². The minimum Gasteiger partial charge on any atom is -0.375 e. The van der Waals surface area contributed by atoms with Gasteiger partial charge in [0.1, 0.15) is 0 Å². The SMILES string of the molecule is CCC(C)C(NN)C1CC2CCC1O2. The van der Waals surface area contributed by atoms with Gasteiger partial charge < -0.3 is 4.74 Å². The molecule has 2 fully saturated rings. The average Bonchev–Trinajstić information content (AvgIpc) is 2.80. The van der Waals surface area contributed by atoms with Crippen LogP contribution in [0.3, 0.4) is 0 Å². The fourth-order valence-electron chi connectivity index (χ4n) is 3.02. The first-order valence-corrected chi connectivity index (χ1v) is 5.87. The molecule has 0 aliphatic carbocycles. The van der Waals surface area contributed by atoms with E-state index in [9.17, 15) is 0 Å². The van der Waals surface area contributed by atoms with E-state index in [4.69, 9.17) is 10.6 Å². The predicted octanol–water partition coefficient (Wildman–Crippen LogP) is 1.43. The molecule has 2 aliphatic heterocycles. The Balaban J connectivity index is 1.98. The maximum atomic E-state index is 5.87. The van der Waals surface area contributed by atoms with Crippen LogP contribution in [0.4, 0.5) is 0 Å². The summed E-state index contributed by atoms with van der Waals surface area (Å²) in [4.78, 5) is 0. The van der Waals surface area contributed by atoms with Crippen molar-refractivity contribution in [2.45, 2.75) is 57.8 Å². The minimum absolute atomic E-state index is 0.440. The lowest BCUT2D eigenvalue weighted by Gasteiger charge is -2.31. The van der Waals surface area contributed by atoms with Crippen LogP contribution in [0.15, 0.2) is 0 Å². The minimum atomic E-state index is 0.440. The highest BCUT2D eigenvalue weighted by Gasteiger charge is 2.45. The normalized spacial score (nSPS) is 40.1. The van der Waals surface area contributed by atoms with Crippen LogP contribution >= 0.6 is 0 Å². The van der Waals surface area contributed by atoms with Crippen LogP contribution in [0.2, 0.25) is 0 Å². The number of rotatable bonds is 4. The fraction of sp³-hybridized carbons (Fsp3) is 1.00. The van der Waals surface area contributed by atoms with E-state index in [0.717, 1.165) is 0 Å². The van der Waals surface area contributed by atoms with Crippen LogP contribution in [0.1, 0.15) is 39.5 Å². The first-order chi connectivity index (χ1) is 6.76. The molecule has 0 radical (unpaired) electrons. The van der Waals surface area contributed by atoms with Gasteiger partial charge in [-0.15, -0.1) is 0 Å². The lowest BCUT2D eigenvalue weighted by molar-refractivity contribution is 0.0800. The summed E-state index contributed by atoms with van der Waals surface area (Å²) in [6.45, 7) is 4.50. The second kappa shape index (κ2) is 4.17. The largest absolute Gasteiger partial charge is 0.375 e. The second-order valence-corrected chi connectivity index (χ2v) is 4.85. The Morgan fingerprint density at radius 1 is 1.50 bits per heavy atom. The first kappa shape index (κ1) is 10.4. The van der Waals surface area contributed by atoms with E-state index < -0.39 is 0 Å². The van der Waals surface area contributed by atoms with Crippen molar-refractivity contribution < 1.29 is 4.74 Å². The van der Waals surface area contributed by atoms with Crippen LogP contribution in [0.25, 0.3) is 0 Å². The van der Waals surface area contributed by atoms with Gasteiger partial charge in [-0.2, -0.15) is 0 Å². The van der Waals surface area contributed by atoms with Gasteiger partial charge >= 0.3 is 0 Å². The first-order valence-electron chi connectivity index (χ1n) is 5.87. The molecule has 2 aliphatic rings. The summed E-state index contributed by atoms with van der Waals surface area (Å²) in [5, 5.41) is 0. The van der Waals surface area contributed by atoms with Gasteiger partial charge in [0.2, 0.25) is 0 Å². The molecule has 2 rings (SSSR count). The summed E-state index contributed by atoms with van der Waals surface area (Å²) >= 11 is 0. The van der Waals surface area contributed by atoms with Gasteiger partial charge in [-0.3, -0.25) is 11.3 Å². The summed E-state index contributed by atoms with van der Waals surface area (Å²) in [6, 6.07) is 0.440. The van der Waals surface area contributed by atoms with Crippen LogP contribution < -0.4 is 11.3 Å². The van der Waals surface area contributed by atoms with Crippen LogP contribution in [-0.2, 0) is 4.74 Å². The molecule has 0 aromatic heterocycles. The molecular formula is C11H22N2O. The highest BCUT2D eigenvalue weighted by Crippen LogP contribution is 2.41. The van der Waals surface area contributed by atoms with Crippen LogP contribution in [-0.4, -0.2) is 18.2 Å². The van der Waals surface area contributed by atoms with Crippen molar-refractivity contribution in [3.63, 3.8) is 0 Å². The molecule has 5 unspecified atom stereocenters. The average molecular weight is 198 g/mol. The summed E-state index contributed by atoms with van der Waals surface area (Å²) < 4.78 is 5.87. The van der Waals surface area contributed by atoms with Gasteiger partial charge in [-0.25, -0.2) is 0 Å². The maximum absolute atomic E-state index is 5.87. The maximum Gasteiger partial charge on any atom is 0.0624 e. The Hall–Kier alpha value is -0.120. The van der Waals surface area contributed by atoms with Crippen molar-refractivity contribution in [1.29, 1.82) is 0 Å². The quantitative estimate of drug-likeness (QED) is 0.530. The molecule has 82 valence electrons. The lowest BCUT2D eigenvalue weighted by Crippen LogP contribution is -2.48. The molecule has 3 heteroatoms. The number of nitrogens with one attached hydrogen (secondary N) is 1. The van der Waals surface area contributed by atoms with Crippen molar-refractivity contribution in [3.05, 3.63) is 0 Å². The molecule has 0 saturated carbocycles. The summed E-state index contributed by atoms with van der Waals surface area (Å²) in [5.41, 5.74) is 3.00. The monoisotopic (exact) mass is 198 g/mol. The molecule has 2 bridgehead atoms. The number of hydrogen-bond donors (Lipinski definition) is 2. The highest BCUT2D eigenvalue weighted by atomic mass is 16.5. The van der Waals surface area contributed by atoms with Gasteiger partial charge in [-0.1, -0.05) is 20.3 Å². The summed E-state index contributed by atoms with van der Waals surface area (Å²) in [6.07, 6.45) is 5.91. The molecule has 2 saturated heterocycles. The number of nitrogens with two attached hydrogens (primary N) is 1. The number of ether oxygens (including phenoxy) is 1. The zero-order valence-corrected chi connectivity index (χ0v) is 9.20. The highest BCUT2D eigenvalue weighted by molar-refractivity contribution is 4.95. The molecule has 0 spiro atoms. The van der Waals surface area contributed by atoms with E-state index in [-0.39, 0.29) is 0 Å². The third-order valence-electron chi connectivity index (χ3n) is 4.06. The lowest BCUT2D eigenvalue weighted by atomic mass is 9.78. The zero-order chi connectivity index (χ0) is 10.1. The third kappa shape index (κ3) is 1.69. The molecule has 14 heavy (non-hydrogen) atoms. The molecule has 5 atom stereocenters. The van der Waals surface area contributed by atoms with Gasteiger partial charge in [0.15, 0.2) is 0 Å². The number of hydrogen-bond acceptors (Lipinski definition) is 3. The predicted molar refractivity (Wildman–Crippen MR) is 56.6 cm³/mol. The van der Waals surface area contributed by atoms with Crippen molar-refractivity contribution in [3.8, 4) is 0 Å². The third-order valence-corrected chi connectivity index (χ3v) is 4.06. The second-order valence-electron chi connectivity index (χ2n) is 4.85. The Kier molecular flexibility index (Phi) is 3.10. The summed E-state index contributed by atoms with van der Waals surface area (Å²) in [5.74, 6) is 6.95. The van der Waals surface area contributed by atoms with Crippen molar-refractivity contribution in [2.75, 3.05) is 0 Å². The zero-order valence-electron chi connectivity index (χ0n) is 9.20. The smallest absolute Gasteiger partial charge is 0.0624 e. The topological polar surface area (TPSA) is 47.3 Å². The van der Waals surface area contributed by atoms with E-state index in [1.54, 1.807) is 0 Å². The molecule has 2 heterocycles. The van der Waals surface area contributed by atoms with Gasteiger partial charge in [-0.05, 0) is 25.2 Å². The van der Waals surface area contributed by atoms with Crippen LogP contribution in [0, 0.1) is 11.8 Å². The van der Waals surface area contributed by atoms with Gasteiger partial charge in [0.05, 0.1) is 12.2 Å². The fourth-order valence-corrected chi connectivity index (χ4v) is 3.02.